The summed E-state index contributed by atoms with van der Waals surface area (Å²) in [4.78, 5) is 22.8. The Morgan fingerprint density at radius 1 is 1.40 bits per heavy atom. The fourth-order valence-corrected chi connectivity index (χ4v) is 2.52. The van der Waals surface area contributed by atoms with Gasteiger partial charge in [-0.05, 0) is 38.3 Å². The van der Waals surface area contributed by atoms with E-state index in [-0.39, 0.29) is 11.9 Å². The molecule has 0 N–H and O–H groups in total. The molecule has 20 heavy (non-hydrogen) atoms. The maximum atomic E-state index is 12.6. The molecule has 3 rings (SSSR count). The van der Waals surface area contributed by atoms with E-state index < -0.39 is 0 Å². The Kier molecular flexibility index (Phi) is 3.45. The Bertz CT molecular complexity index is 596. The number of nitrogens with zero attached hydrogens (tertiary/aromatic N) is 4. The second-order valence-electron chi connectivity index (χ2n) is 4.90. The summed E-state index contributed by atoms with van der Waals surface area (Å²) in [5.41, 5.74) is 0.454. The first-order chi connectivity index (χ1) is 9.75. The number of hydrogen-bond donors (Lipinski definition) is 0. The average Bonchev–Trinajstić information content (AvgIpc) is 2.94. The van der Waals surface area contributed by atoms with Crippen LogP contribution < -0.4 is 0 Å². The van der Waals surface area contributed by atoms with Gasteiger partial charge in [-0.3, -0.25) is 9.78 Å². The van der Waals surface area contributed by atoms with Gasteiger partial charge in [0.05, 0.1) is 0 Å². The van der Waals surface area contributed by atoms with E-state index in [1.807, 2.05) is 6.07 Å². The van der Waals surface area contributed by atoms with Crippen molar-refractivity contribution in [3.05, 3.63) is 41.8 Å². The highest BCUT2D eigenvalue weighted by Crippen LogP contribution is 2.30. The van der Waals surface area contributed by atoms with Gasteiger partial charge >= 0.3 is 0 Å². The van der Waals surface area contributed by atoms with Gasteiger partial charge in [0, 0.05) is 12.7 Å². The molecule has 0 aromatic carbocycles. The van der Waals surface area contributed by atoms with Crippen LogP contribution in [0.4, 0.5) is 0 Å². The van der Waals surface area contributed by atoms with Crippen molar-refractivity contribution in [3.8, 4) is 0 Å². The van der Waals surface area contributed by atoms with Gasteiger partial charge in [-0.2, -0.15) is 4.98 Å². The average molecular weight is 272 g/mol. The molecule has 1 aliphatic heterocycles. The van der Waals surface area contributed by atoms with Crippen LogP contribution in [0.15, 0.2) is 28.9 Å². The van der Waals surface area contributed by atoms with Crippen LogP contribution in [0.25, 0.3) is 0 Å². The smallest absolute Gasteiger partial charge is 0.273 e. The summed E-state index contributed by atoms with van der Waals surface area (Å²) < 4.78 is 5.24. The first-order valence-electron chi connectivity index (χ1n) is 6.78. The first-order valence-corrected chi connectivity index (χ1v) is 6.78. The molecule has 1 saturated heterocycles. The van der Waals surface area contributed by atoms with E-state index in [2.05, 4.69) is 15.1 Å². The Balaban J connectivity index is 1.87. The van der Waals surface area contributed by atoms with Crippen molar-refractivity contribution < 1.29 is 9.32 Å². The van der Waals surface area contributed by atoms with Gasteiger partial charge in [0.2, 0.25) is 5.89 Å². The number of amides is 1. The highest BCUT2D eigenvalue weighted by molar-refractivity contribution is 5.92. The largest absolute Gasteiger partial charge is 0.337 e. The fraction of sp³-hybridized carbons (Fsp3) is 0.429. The fourth-order valence-electron chi connectivity index (χ4n) is 2.52. The van der Waals surface area contributed by atoms with E-state index in [4.69, 9.17) is 4.52 Å². The molecule has 6 heteroatoms. The molecule has 1 fully saturated rings. The van der Waals surface area contributed by atoms with Gasteiger partial charge < -0.3 is 9.42 Å². The Morgan fingerprint density at radius 3 is 3.00 bits per heavy atom. The monoisotopic (exact) mass is 272 g/mol. The molecule has 104 valence electrons. The zero-order chi connectivity index (χ0) is 13.9. The zero-order valence-electron chi connectivity index (χ0n) is 11.3. The van der Waals surface area contributed by atoms with Crippen LogP contribution in [-0.4, -0.2) is 32.5 Å². The number of piperidine rings is 1. The van der Waals surface area contributed by atoms with E-state index in [9.17, 15) is 4.79 Å². The van der Waals surface area contributed by atoms with Crippen molar-refractivity contribution in [2.45, 2.75) is 32.2 Å². The van der Waals surface area contributed by atoms with E-state index >= 15 is 0 Å². The topological polar surface area (TPSA) is 72.1 Å². The van der Waals surface area contributed by atoms with Crippen LogP contribution in [0, 0.1) is 6.92 Å². The lowest BCUT2D eigenvalue weighted by Gasteiger charge is -2.33. The molecule has 0 radical (unpaired) electrons. The van der Waals surface area contributed by atoms with E-state index in [1.54, 1.807) is 30.2 Å². The van der Waals surface area contributed by atoms with E-state index in [0.29, 0.717) is 24.0 Å². The molecule has 1 aliphatic rings. The van der Waals surface area contributed by atoms with Gasteiger partial charge in [0.25, 0.3) is 5.91 Å². The third kappa shape index (κ3) is 2.41. The van der Waals surface area contributed by atoms with Crippen LogP contribution in [0.5, 0.6) is 0 Å². The summed E-state index contributed by atoms with van der Waals surface area (Å²) in [6.45, 7) is 2.47. The van der Waals surface area contributed by atoms with Gasteiger partial charge in [0.1, 0.15) is 11.7 Å². The maximum Gasteiger partial charge on any atom is 0.273 e. The Labute approximate surface area is 116 Å². The molecule has 0 aliphatic carbocycles. The van der Waals surface area contributed by atoms with E-state index in [1.165, 1.54) is 0 Å². The molecule has 0 saturated carbocycles. The number of likely N-dealkylation sites (tertiary alicyclic amines) is 1. The third-order valence-corrected chi connectivity index (χ3v) is 3.48. The molecule has 6 nitrogen and oxygen atoms in total. The number of aryl methyl sites for hydroxylation is 1. The maximum absolute atomic E-state index is 12.6. The van der Waals surface area contributed by atoms with Crippen molar-refractivity contribution in [1.82, 2.24) is 20.0 Å². The van der Waals surface area contributed by atoms with Crippen LogP contribution in [0.1, 0.15) is 47.5 Å². The number of carbonyl (C=O) groups is 1. The predicted molar refractivity (Wildman–Crippen MR) is 70.9 cm³/mol. The molecule has 1 unspecified atom stereocenters. The second kappa shape index (κ2) is 5.40. The SMILES string of the molecule is Cc1noc(C2CCCCN2C(=O)c2ccccn2)n1. The summed E-state index contributed by atoms with van der Waals surface area (Å²) in [5.74, 6) is 1.04. The highest BCUT2D eigenvalue weighted by atomic mass is 16.5. The number of pyridine rings is 1. The summed E-state index contributed by atoms with van der Waals surface area (Å²) in [5, 5.41) is 3.82. The van der Waals surface area contributed by atoms with Crippen LogP contribution >= 0.6 is 0 Å². The summed E-state index contributed by atoms with van der Waals surface area (Å²) in [6.07, 6.45) is 4.52. The van der Waals surface area contributed by atoms with Crippen molar-refractivity contribution >= 4 is 5.91 Å². The molecule has 2 aromatic heterocycles. The molecule has 2 aromatic rings. The minimum Gasteiger partial charge on any atom is -0.337 e. The standard InChI is InChI=1S/C14H16N4O2/c1-10-16-13(20-17-10)12-7-3-5-9-18(12)14(19)11-6-2-4-8-15-11/h2,4,6,8,12H,3,5,7,9H2,1H3. The highest BCUT2D eigenvalue weighted by Gasteiger charge is 2.32. The molecular formula is C14H16N4O2. The quantitative estimate of drug-likeness (QED) is 0.837. The number of aromatic nitrogens is 3. The number of hydrogen-bond acceptors (Lipinski definition) is 5. The minimum absolute atomic E-state index is 0.0776. The lowest BCUT2D eigenvalue weighted by atomic mass is 10.0. The van der Waals surface area contributed by atoms with E-state index in [0.717, 1.165) is 19.3 Å². The van der Waals surface area contributed by atoms with Gasteiger partial charge in [-0.15, -0.1) is 0 Å². The Morgan fingerprint density at radius 2 is 2.30 bits per heavy atom. The lowest BCUT2D eigenvalue weighted by Crippen LogP contribution is -2.39. The van der Waals surface area contributed by atoms with Gasteiger partial charge in [-0.1, -0.05) is 11.2 Å². The van der Waals surface area contributed by atoms with Crippen LogP contribution in [-0.2, 0) is 0 Å². The zero-order valence-corrected chi connectivity index (χ0v) is 11.3. The lowest BCUT2D eigenvalue weighted by molar-refractivity contribution is 0.0555. The molecular weight excluding hydrogens is 256 g/mol. The number of rotatable bonds is 2. The van der Waals surface area contributed by atoms with Gasteiger partial charge in [0.15, 0.2) is 5.82 Å². The minimum atomic E-state index is -0.139. The summed E-state index contributed by atoms with van der Waals surface area (Å²) in [7, 11) is 0. The van der Waals surface area contributed by atoms with Crippen LogP contribution in [0.2, 0.25) is 0 Å². The van der Waals surface area contributed by atoms with Crippen molar-refractivity contribution in [2.75, 3.05) is 6.54 Å². The predicted octanol–water partition coefficient (Wildman–Crippen LogP) is 2.14. The normalized spacial score (nSPS) is 19.1. The third-order valence-electron chi connectivity index (χ3n) is 3.48. The van der Waals surface area contributed by atoms with Gasteiger partial charge in [-0.25, -0.2) is 0 Å². The number of carbonyl (C=O) groups excluding carboxylic acids is 1. The van der Waals surface area contributed by atoms with Crippen LogP contribution in [0.3, 0.4) is 0 Å². The van der Waals surface area contributed by atoms with Crippen molar-refractivity contribution in [3.63, 3.8) is 0 Å². The summed E-state index contributed by atoms with van der Waals surface area (Å²) >= 11 is 0. The first kappa shape index (κ1) is 12.8. The Hall–Kier alpha value is -2.24. The molecule has 1 atom stereocenters. The molecule has 3 heterocycles. The molecule has 0 spiro atoms. The molecule has 1 amide bonds. The summed E-state index contributed by atoms with van der Waals surface area (Å²) in [6, 6.07) is 5.20. The van der Waals surface area contributed by atoms with Crippen molar-refractivity contribution in [2.24, 2.45) is 0 Å². The van der Waals surface area contributed by atoms with Crippen molar-refractivity contribution in [1.29, 1.82) is 0 Å². The second-order valence-corrected chi connectivity index (χ2v) is 4.90. The molecule has 0 bridgehead atoms.